The summed E-state index contributed by atoms with van der Waals surface area (Å²) < 4.78 is 0. The minimum Gasteiger partial charge on any atom is -0.345 e. The van der Waals surface area contributed by atoms with Gasteiger partial charge in [0, 0.05) is 23.3 Å². The normalized spacial score (nSPS) is 15.7. The molecular formula is C22H33N. The molecule has 0 unspecified atom stereocenters. The number of anilines is 1. The Morgan fingerprint density at radius 3 is 2.26 bits per heavy atom. The Morgan fingerprint density at radius 1 is 0.957 bits per heavy atom. The van der Waals surface area contributed by atoms with Crippen LogP contribution in [0.25, 0.3) is 0 Å². The fourth-order valence-corrected chi connectivity index (χ4v) is 3.57. The highest BCUT2D eigenvalue weighted by molar-refractivity contribution is 5.69. The van der Waals surface area contributed by atoms with Gasteiger partial charge in [-0.1, -0.05) is 76.8 Å². The van der Waals surface area contributed by atoms with Gasteiger partial charge in [0.25, 0.3) is 0 Å². The SMILES string of the molecule is C=CCCCCCCCCCN1C(=C)C(C)(C)c2ccccc21. The highest BCUT2D eigenvalue weighted by Crippen LogP contribution is 2.46. The van der Waals surface area contributed by atoms with E-state index in [0.29, 0.717) is 0 Å². The van der Waals surface area contributed by atoms with E-state index in [1.54, 1.807) is 0 Å². The highest BCUT2D eigenvalue weighted by Gasteiger charge is 2.38. The Morgan fingerprint density at radius 2 is 1.57 bits per heavy atom. The molecule has 0 fully saturated rings. The number of nitrogens with zero attached hydrogens (tertiary/aromatic N) is 1. The van der Waals surface area contributed by atoms with Gasteiger partial charge in [-0.3, -0.25) is 0 Å². The third-order valence-corrected chi connectivity index (χ3v) is 5.21. The molecule has 0 N–H and O–H groups in total. The second kappa shape index (κ2) is 8.38. The smallest absolute Gasteiger partial charge is 0.0450 e. The molecule has 0 saturated heterocycles. The maximum absolute atomic E-state index is 4.38. The van der Waals surface area contributed by atoms with Crippen LogP contribution >= 0.6 is 0 Å². The maximum atomic E-state index is 4.38. The summed E-state index contributed by atoms with van der Waals surface area (Å²) in [5.74, 6) is 0. The van der Waals surface area contributed by atoms with Crippen LogP contribution in [-0.2, 0) is 5.41 Å². The topological polar surface area (TPSA) is 3.24 Å². The second-order valence-corrected chi connectivity index (χ2v) is 7.29. The number of para-hydroxylation sites is 1. The molecule has 1 aromatic rings. The largest absolute Gasteiger partial charge is 0.345 e. The standard InChI is InChI=1S/C22H33N/c1-5-6-7-8-9-10-11-12-15-18-23-19(2)22(3,4)20-16-13-14-17-21(20)23/h5,13-14,16-17H,1-2,6-12,15,18H2,3-4H3. The first-order valence-electron chi connectivity index (χ1n) is 9.26. The van der Waals surface area contributed by atoms with Gasteiger partial charge in [0.05, 0.1) is 0 Å². The number of allylic oxidation sites excluding steroid dienone is 2. The van der Waals surface area contributed by atoms with Gasteiger partial charge in [0.2, 0.25) is 0 Å². The minimum atomic E-state index is 0.0712. The van der Waals surface area contributed by atoms with E-state index in [4.69, 9.17) is 0 Å². The molecule has 0 bridgehead atoms. The summed E-state index contributed by atoms with van der Waals surface area (Å²) in [6.07, 6.45) is 12.6. The first-order valence-corrected chi connectivity index (χ1v) is 9.26. The molecule has 0 atom stereocenters. The molecule has 23 heavy (non-hydrogen) atoms. The molecule has 0 spiro atoms. The molecule has 126 valence electrons. The van der Waals surface area contributed by atoms with Crippen LogP contribution in [0.15, 0.2) is 49.2 Å². The van der Waals surface area contributed by atoms with Crippen molar-refractivity contribution in [2.24, 2.45) is 0 Å². The first kappa shape index (κ1) is 17.8. The number of benzene rings is 1. The van der Waals surface area contributed by atoms with E-state index in [9.17, 15) is 0 Å². The summed E-state index contributed by atoms with van der Waals surface area (Å²) >= 11 is 0. The number of hydrogen-bond acceptors (Lipinski definition) is 1. The van der Waals surface area contributed by atoms with E-state index in [0.717, 1.165) is 6.54 Å². The van der Waals surface area contributed by atoms with Crippen molar-refractivity contribution >= 4 is 5.69 Å². The predicted octanol–water partition coefficient (Wildman–Crippen LogP) is 6.60. The Kier molecular flexibility index (Phi) is 6.50. The molecule has 0 aliphatic carbocycles. The summed E-state index contributed by atoms with van der Waals surface area (Å²) in [7, 11) is 0. The molecule has 1 heteroatoms. The van der Waals surface area contributed by atoms with E-state index >= 15 is 0 Å². The molecule has 0 amide bonds. The number of hydrogen-bond donors (Lipinski definition) is 0. The quantitative estimate of drug-likeness (QED) is 0.347. The molecule has 1 aliphatic heterocycles. The monoisotopic (exact) mass is 311 g/mol. The van der Waals surface area contributed by atoms with E-state index in [1.165, 1.54) is 68.3 Å². The van der Waals surface area contributed by atoms with E-state index in [1.807, 2.05) is 6.08 Å². The van der Waals surface area contributed by atoms with E-state index < -0.39 is 0 Å². The van der Waals surface area contributed by atoms with Crippen LogP contribution in [0.3, 0.4) is 0 Å². The summed E-state index contributed by atoms with van der Waals surface area (Å²) in [6.45, 7) is 13.8. The highest BCUT2D eigenvalue weighted by atomic mass is 15.2. The van der Waals surface area contributed by atoms with Crippen LogP contribution < -0.4 is 4.90 Å². The van der Waals surface area contributed by atoms with Crippen molar-refractivity contribution < 1.29 is 0 Å². The van der Waals surface area contributed by atoms with Crippen LogP contribution in [-0.4, -0.2) is 6.54 Å². The summed E-state index contributed by atoms with van der Waals surface area (Å²) in [5, 5.41) is 0. The molecule has 1 aromatic carbocycles. The van der Waals surface area contributed by atoms with Crippen LogP contribution in [0.1, 0.15) is 70.8 Å². The zero-order valence-corrected chi connectivity index (χ0v) is 15.1. The van der Waals surface area contributed by atoms with Crippen molar-refractivity contribution in [1.29, 1.82) is 0 Å². The lowest BCUT2D eigenvalue weighted by Gasteiger charge is -2.25. The van der Waals surface area contributed by atoms with E-state index in [2.05, 4.69) is 56.2 Å². The number of fused-ring (bicyclic) bond motifs is 1. The van der Waals surface area contributed by atoms with Gasteiger partial charge in [-0.15, -0.1) is 6.58 Å². The zero-order valence-electron chi connectivity index (χ0n) is 15.1. The lowest BCUT2D eigenvalue weighted by Crippen LogP contribution is -2.26. The molecule has 0 radical (unpaired) electrons. The Bertz CT molecular complexity index is 527. The molecular weight excluding hydrogens is 278 g/mol. The number of rotatable bonds is 10. The van der Waals surface area contributed by atoms with Crippen LogP contribution in [0, 0.1) is 0 Å². The van der Waals surface area contributed by atoms with Crippen LogP contribution in [0.2, 0.25) is 0 Å². The lowest BCUT2D eigenvalue weighted by atomic mass is 9.84. The fraction of sp³-hybridized carbons (Fsp3) is 0.545. The third-order valence-electron chi connectivity index (χ3n) is 5.21. The van der Waals surface area contributed by atoms with Gasteiger partial charge in [-0.25, -0.2) is 0 Å². The Hall–Kier alpha value is -1.50. The summed E-state index contributed by atoms with van der Waals surface area (Å²) in [6, 6.07) is 8.78. The van der Waals surface area contributed by atoms with Crippen molar-refractivity contribution in [2.45, 2.75) is 70.6 Å². The van der Waals surface area contributed by atoms with E-state index in [-0.39, 0.29) is 5.41 Å². The maximum Gasteiger partial charge on any atom is 0.0450 e. The van der Waals surface area contributed by atoms with Gasteiger partial charge in [0.1, 0.15) is 0 Å². The average molecular weight is 312 g/mol. The molecule has 1 aliphatic rings. The predicted molar refractivity (Wildman–Crippen MR) is 103 cm³/mol. The Balaban J connectivity index is 1.72. The fourth-order valence-electron chi connectivity index (χ4n) is 3.57. The van der Waals surface area contributed by atoms with Crippen molar-refractivity contribution in [3.8, 4) is 0 Å². The summed E-state index contributed by atoms with van der Waals surface area (Å²) in [5.41, 5.74) is 4.11. The zero-order chi connectivity index (χ0) is 16.7. The van der Waals surface area contributed by atoms with Crippen molar-refractivity contribution in [1.82, 2.24) is 0 Å². The Labute approximate surface area is 143 Å². The average Bonchev–Trinajstić information content (AvgIpc) is 2.74. The molecule has 0 aromatic heterocycles. The van der Waals surface area contributed by atoms with Gasteiger partial charge >= 0.3 is 0 Å². The van der Waals surface area contributed by atoms with Gasteiger partial charge < -0.3 is 4.90 Å². The molecule has 1 heterocycles. The van der Waals surface area contributed by atoms with Crippen LogP contribution in [0.5, 0.6) is 0 Å². The molecule has 2 rings (SSSR count). The van der Waals surface area contributed by atoms with Gasteiger partial charge in [-0.05, 0) is 30.9 Å². The molecule has 1 nitrogen and oxygen atoms in total. The lowest BCUT2D eigenvalue weighted by molar-refractivity contribution is 0.575. The van der Waals surface area contributed by atoms with Crippen molar-refractivity contribution in [3.63, 3.8) is 0 Å². The summed E-state index contributed by atoms with van der Waals surface area (Å²) in [4.78, 5) is 2.44. The second-order valence-electron chi connectivity index (χ2n) is 7.29. The van der Waals surface area contributed by atoms with Crippen LogP contribution in [0.4, 0.5) is 5.69 Å². The minimum absolute atomic E-state index is 0.0712. The molecule has 0 saturated carbocycles. The third kappa shape index (κ3) is 4.28. The van der Waals surface area contributed by atoms with Gasteiger partial charge in [0.15, 0.2) is 0 Å². The van der Waals surface area contributed by atoms with Crippen molar-refractivity contribution in [2.75, 3.05) is 11.4 Å². The van der Waals surface area contributed by atoms with Gasteiger partial charge in [-0.2, -0.15) is 0 Å². The first-order chi connectivity index (χ1) is 11.1. The number of unbranched alkanes of at least 4 members (excludes halogenated alkanes) is 7. The van der Waals surface area contributed by atoms with Crippen molar-refractivity contribution in [3.05, 3.63) is 54.8 Å².